The number of non-ortho nitro benzene ring substituents is 1. The zero-order valence-corrected chi connectivity index (χ0v) is 15.4. The third-order valence-corrected chi connectivity index (χ3v) is 4.11. The first-order chi connectivity index (χ1) is 12.8. The number of dihydropyridines is 1. The molecule has 0 bridgehead atoms. The smallest absolute Gasteiger partial charge is 0.341 e. The van der Waals surface area contributed by atoms with Crippen LogP contribution in [-0.2, 0) is 19.1 Å². The molecule has 8 nitrogen and oxygen atoms in total. The Hall–Kier alpha value is -3.42. The van der Waals surface area contributed by atoms with Crippen LogP contribution in [-0.4, -0.2) is 24.0 Å². The van der Waals surface area contributed by atoms with E-state index in [1.165, 1.54) is 31.6 Å². The van der Waals surface area contributed by atoms with Gasteiger partial charge in [-0.05, 0) is 26.3 Å². The summed E-state index contributed by atoms with van der Waals surface area (Å²) in [4.78, 5) is 35.7. The van der Waals surface area contributed by atoms with E-state index in [0.717, 1.165) is 0 Å². The van der Waals surface area contributed by atoms with Gasteiger partial charge in [0, 0.05) is 23.5 Å². The standard InChI is InChI=1S/C19H20N2O6/c1-5-9-27-19(23)16-12(3)20-11(2)15(18(22)26-4)17(16)13-7-6-8-14(10-13)21(24)25/h5-10,17,20H,1-4H3. The van der Waals surface area contributed by atoms with Crippen molar-refractivity contribution in [1.82, 2.24) is 5.32 Å². The van der Waals surface area contributed by atoms with Gasteiger partial charge in [-0.25, -0.2) is 9.59 Å². The molecule has 1 aliphatic heterocycles. The fourth-order valence-electron chi connectivity index (χ4n) is 2.99. The van der Waals surface area contributed by atoms with E-state index < -0.39 is 22.8 Å². The normalized spacial score (nSPS) is 17.0. The molecule has 2 rings (SSSR count). The number of ether oxygens (including phenoxy) is 2. The van der Waals surface area contributed by atoms with Crippen LogP contribution in [0.4, 0.5) is 5.69 Å². The summed E-state index contributed by atoms with van der Waals surface area (Å²) < 4.78 is 9.98. The fraction of sp³-hybridized carbons (Fsp3) is 0.263. The van der Waals surface area contributed by atoms with E-state index in [-0.39, 0.29) is 16.8 Å². The lowest BCUT2D eigenvalue weighted by Crippen LogP contribution is -2.32. The predicted octanol–water partition coefficient (Wildman–Crippen LogP) is 3.08. The van der Waals surface area contributed by atoms with Gasteiger partial charge in [-0.2, -0.15) is 0 Å². The topological polar surface area (TPSA) is 108 Å². The van der Waals surface area contributed by atoms with Crippen molar-refractivity contribution < 1.29 is 24.0 Å². The van der Waals surface area contributed by atoms with Crippen LogP contribution in [0, 0.1) is 10.1 Å². The maximum atomic E-state index is 12.7. The summed E-state index contributed by atoms with van der Waals surface area (Å²) in [5.41, 5.74) is 1.63. The Bertz CT molecular complexity index is 882. The summed E-state index contributed by atoms with van der Waals surface area (Å²) in [6.45, 7) is 5.04. The molecule has 0 radical (unpaired) electrons. The molecule has 0 saturated carbocycles. The number of nitro groups is 1. The summed E-state index contributed by atoms with van der Waals surface area (Å²) >= 11 is 0. The van der Waals surface area contributed by atoms with Gasteiger partial charge < -0.3 is 14.8 Å². The fourth-order valence-corrected chi connectivity index (χ4v) is 2.99. The molecule has 0 spiro atoms. The van der Waals surface area contributed by atoms with Crippen LogP contribution in [0.15, 0.2) is 59.1 Å². The van der Waals surface area contributed by atoms with Gasteiger partial charge in [0.2, 0.25) is 0 Å². The predicted molar refractivity (Wildman–Crippen MR) is 97.3 cm³/mol. The van der Waals surface area contributed by atoms with Gasteiger partial charge in [0.25, 0.3) is 5.69 Å². The average Bonchev–Trinajstić information content (AvgIpc) is 2.64. The number of allylic oxidation sites excluding steroid dienone is 3. The molecule has 0 amide bonds. The van der Waals surface area contributed by atoms with E-state index >= 15 is 0 Å². The number of nitro benzene ring substituents is 1. The Labute approximate surface area is 156 Å². The van der Waals surface area contributed by atoms with Gasteiger partial charge in [-0.15, -0.1) is 0 Å². The first-order valence-corrected chi connectivity index (χ1v) is 8.15. The van der Waals surface area contributed by atoms with Gasteiger partial charge in [-0.3, -0.25) is 10.1 Å². The highest BCUT2D eigenvalue weighted by Gasteiger charge is 2.38. The number of nitrogens with one attached hydrogen (secondary N) is 1. The van der Waals surface area contributed by atoms with Gasteiger partial charge in [-0.1, -0.05) is 18.2 Å². The van der Waals surface area contributed by atoms with E-state index in [4.69, 9.17) is 9.47 Å². The van der Waals surface area contributed by atoms with Crippen molar-refractivity contribution in [3.8, 4) is 0 Å². The monoisotopic (exact) mass is 372 g/mol. The van der Waals surface area contributed by atoms with Gasteiger partial charge in [0.05, 0.1) is 35.4 Å². The summed E-state index contributed by atoms with van der Waals surface area (Å²) in [5.74, 6) is -2.17. The van der Waals surface area contributed by atoms with Gasteiger partial charge >= 0.3 is 11.9 Å². The van der Waals surface area contributed by atoms with E-state index in [2.05, 4.69) is 5.32 Å². The minimum atomic E-state index is -0.864. The molecule has 0 aromatic heterocycles. The minimum Gasteiger partial charge on any atom is -0.466 e. The Morgan fingerprint density at radius 3 is 2.37 bits per heavy atom. The van der Waals surface area contributed by atoms with Crippen LogP contribution in [0.1, 0.15) is 32.3 Å². The first kappa shape index (κ1) is 19.9. The van der Waals surface area contributed by atoms with Crippen LogP contribution in [0.2, 0.25) is 0 Å². The zero-order chi connectivity index (χ0) is 20.1. The minimum absolute atomic E-state index is 0.147. The maximum Gasteiger partial charge on any atom is 0.341 e. The van der Waals surface area contributed by atoms with Crippen LogP contribution in [0.5, 0.6) is 0 Å². The molecule has 1 aromatic carbocycles. The largest absolute Gasteiger partial charge is 0.466 e. The number of benzene rings is 1. The highest BCUT2D eigenvalue weighted by atomic mass is 16.6. The molecule has 0 fully saturated rings. The number of esters is 2. The highest BCUT2D eigenvalue weighted by Crippen LogP contribution is 2.40. The second-order valence-electron chi connectivity index (χ2n) is 5.85. The Balaban J connectivity index is 2.69. The molecule has 1 aromatic rings. The first-order valence-electron chi connectivity index (χ1n) is 8.15. The number of carbonyl (C=O) groups is 2. The molecule has 1 N–H and O–H groups in total. The summed E-state index contributed by atoms with van der Waals surface area (Å²) in [6, 6.07) is 5.80. The third-order valence-electron chi connectivity index (χ3n) is 4.11. The van der Waals surface area contributed by atoms with Crippen molar-refractivity contribution in [1.29, 1.82) is 0 Å². The van der Waals surface area contributed by atoms with Crippen LogP contribution >= 0.6 is 0 Å². The van der Waals surface area contributed by atoms with Crippen molar-refractivity contribution >= 4 is 17.6 Å². The van der Waals surface area contributed by atoms with Crippen molar-refractivity contribution in [2.24, 2.45) is 0 Å². The van der Waals surface area contributed by atoms with Crippen molar-refractivity contribution in [3.05, 3.63) is 74.8 Å². The summed E-state index contributed by atoms with van der Waals surface area (Å²) in [6.07, 6.45) is 2.78. The molecule has 27 heavy (non-hydrogen) atoms. The second-order valence-corrected chi connectivity index (χ2v) is 5.85. The number of carbonyl (C=O) groups excluding carboxylic acids is 2. The molecular weight excluding hydrogens is 352 g/mol. The van der Waals surface area contributed by atoms with E-state index in [1.54, 1.807) is 32.9 Å². The lowest BCUT2D eigenvalue weighted by molar-refractivity contribution is -0.384. The van der Waals surface area contributed by atoms with Crippen molar-refractivity contribution in [2.75, 3.05) is 7.11 Å². The van der Waals surface area contributed by atoms with Gasteiger partial charge in [0.1, 0.15) is 0 Å². The Morgan fingerprint density at radius 2 is 1.81 bits per heavy atom. The van der Waals surface area contributed by atoms with E-state index in [9.17, 15) is 19.7 Å². The lowest BCUT2D eigenvalue weighted by Gasteiger charge is -2.29. The number of nitrogens with zero attached hydrogens (tertiary/aromatic N) is 1. The third kappa shape index (κ3) is 4.05. The second kappa shape index (κ2) is 8.31. The van der Waals surface area contributed by atoms with E-state index in [0.29, 0.717) is 17.0 Å². The summed E-state index contributed by atoms with van der Waals surface area (Å²) in [7, 11) is 1.23. The number of hydrogen-bond acceptors (Lipinski definition) is 7. The molecule has 0 saturated heterocycles. The molecule has 8 heteroatoms. The maximum absolute atomic E-state index is 12.7. The van der Waals surface area contributed by atoms with E-state index in [1.807, 2.05) is 0 Å². The average molecular weight is 372 g/mol. The SMILES string of the molecule is CC=COC(=O)C1=C(C)NC(C)=C(C(=O)OC)C1c1cccc([N+](=O)[O-])c1. The number of hydrogen-bond donors (Lipinski definition) is 1. The Morgan fingerprint density at radius 1 is 1.19 bits per heavy atom. The highest BCUT2D eigenvalue weighted by molar-refractivity contribution is 6.00. The van der Waals surface area contributed by atoms with Crippen LogP contribution in [0.25, 0.3) is 0 Å². The Kier molecular flexibility index (Phi) is 6.12. The number of methoxy groups -OCH3 is 1. The zero-order valence-electron chi connectivity index (χ0n) is 15.4. The molecule has 142 valence electrons. The molecule has 1 heterocycles. The quantitative estimate of drug-likeness (QED) is 0.366. The van der Waals surface area contributed by atoms with Crippen LogP contribution in [0.3, 0.4) is 0 Å². The lowest BCUT2D eigenvalue weighted by atomic mass is 9.80. The van der Waals surface area contributed by atoms with Crippen molar-refractivity contribution in [3.63, 3.8) is 0 Å². The van der Waals surface area contributed by atoms with Crippen LogP contribution < -0.4 is 5.32 Å². The van der Waals surface area contributed by atoms with Gasteiger partial charge in [0.15, 0.2) is 0 Å². The molecule has 0 aliphatic carbocycles. The molecule has 1 unspecified atom stereocenters. The molecule has 1 atom stereocenters. The van der Waals surface area contributed by atoms with Crippen molar-refractivity contribution in [2.45, 2.75) is 26.7 Å². The molecular formula is C19H20N2O6. The molecule has 1 aliphatic rings. The number of rotatable bonds is 5. The summed E-state index contributed by atoms with van der Waals surface area (Å²) in [5, 5.41) is 14.2.